The second-order valence-corrected chi connectivity index (χ2v) is 4.82. The Morgan fingerprint density at radius 1 is 1.14 bits per heavy atom. The highest BCUT2D eigenvalue weighted by Crippen LogP contribution is 2.28. The quantitative estimate of drug-likeness (QED) is 0.876. The van der Waals surface area contributed by atoms with Crippen LogP contribution in [0.2, 0.25) is 0 Å². The summed E-state index contributed by atoms with van der Waals surface area (Å²) in [4.78, 5) is 0. The largest absolute Gasteiger partial charge is 0.497 e. The summed E-state index contributed by atoms with van der Waals surface area (Å²) in [5.41, 5.74) is 8.09. The van der Waals surface area contributed by atoms with E-state index in [0.717, 1.165) is 22.6 Å². The lowest BCUT2D eigenvalue weighted by atomic mass is 10.1. The fourth-order valence-electron chi connectivity index (χ4n) is 2.03. The summed E-state index contributed by atoms with van der Waals surface area (Å²) >= 11 is 0. The van der Waals surface area contributed by atoms with Gasteiger partial charge in [-0.05, 0) is 24.6 Å². The predicted octanol–water partition coefficient (Wildman–Crippen LogP) is 3.81. The Hall–Kier alpha value is -2.26. The summed E-state index contributed by atoms with van der Waals surface area (Å²) in [5, 5.41) is 0. The molecule has 2 aromatic carbocycles. The van der Waals surface area contributed by atoms with Crippen molar-refractivity contribution in [2.45, 2.75) is 13.0 Å². The molecule has 0 saturated carbocycles. The van der Waals surface area contributed by atoms with Crippen molar-refractivity contribution in [3.63, 3.8) is 0 Å². The second kappa shape index (κ2) is 7.50. The summed E-state index contributed by atoms with van der Waals surface area (Å²) in [6.07, 6.45) is 4.02. The third kappa shape index (κ3) is 4.36. The molecule has 0 aromatic heterocycles. The number of methoxy groups -OCH3 is 1. The molecule has 3 heteroatoms. The van der Waals surface area contributed by atoms with Gasteiger partial charge in [0.2, 0.25) is 0 Å². The lowest BCUT2D eigenvalue weighted by molar-refractivity contribution is 0.351. The molecule has 110 valence electrons. The topological polar surface area (TPSA) is 44.5 Å². The van der Waals surface area contributed by atoms with E-state index in [1.165, 1.54) is 0 Å². The van der Waals surface area contributed by atoms with Crippen LogP contribution in [-0.4, -0.2) is 13.7 Å². The molecule has 0 aliphatic rings. The van der Waals surface area contributed by atoms with Gasteiger partial charge in [0, 0.05) is 17.7 Å². The normalized spacial score (nSPS) is 12.3. The maximum Gasteiger partial charge on any atom is 0.128 e. The Balaban J connectivity index is 2.03. The zero-order valence-electron chi connectivity index (χ0n) is 12.5. The van der Waals surface area contributed by atoms with Crippen LogP contribution in [0.4, 0.5) is 0 Å². The fraction of sp³-hybridized carbons (Fsp3) is 0.222. The van der Waals surface area contributed by atoms with Gasteiger partial charge in [-0.25, -0.2) is 0 Å². The van der Waals surface area contributed by atoms with Crippen LogP contribution in [0.5, 0.6) is 11.5 Å². The van der Waals surface area contributed by atoms with E-state index in [0.29, 0.717) is 6.61 Å². The van der Waals surface area contributed by atoms with Crippen molar-refractivity contribution >= 4 is 6.08 Å². The van der Waals surface area contributed by atoms with Crippen molar-refractivity contribution in [3.05, 3.63) is 65.7 Å². The molecular weight excluding hydrogens is 262 g/mol. The Morgan fingerprint density at radius 3 is 2.57 bits per heavy atom. The SMILES string of the molecule is COc1ccc([C@H](C)N)c(OC/C=C/c2ccccc2)c1. The molecule has 0 spiro atoms. The predicted molar refractivity (Wildman–Crippen MR) is 86.6 cm³/mol. The van der Waals surface area contributed by atoms with Crippen LogP contribution in [0.25, 0.3) is 6.08 Å². The first-order chi connectivity index (χ1) is 10.2. The molecule has 0 saturated heterocycles. The van der Waals surface area contributed by atoms with Crippen molar-refractivity contribution in [3.8, 4) is 11.5 Å². The third-order valence-electron chi connectivity index (χ3n) is 3.16. The van der Waals surface area contributed by atoms with E-state index in [1.807, 2.05) is 55.5 Å². The van der Waals surface area contributed by atoms with Gasteiger partial charge in [0.15, 0.2) is 0 Å². The summed E-state index contributed by atoms with van der Waals surface area (Å²) in [5.74, 6) is 1.53. The Bertz CT molecular complexity index is 591. The summed E-state index contributed by atoms with van der Waals surface area (Å²) < 4.78 is 11.0. The van der Waals surface area contributed by atoms with Gasteiger partial charge < -0.3 is 15.2 Å². The zero-order chi connectivity index (χ0) is 15.1. The van der Waals surface area contributed by atoms with E-state index in [4.69, 9.17) is 15.2 Å². The first-order valence-electron chi connectivity index (χ1n) is 6.98. The molecule has 1 atom stereocenters. The number of benzene rings is 2. The molecule has 0 aliphatic heterocycles. The average Bonchev–Trinajstić information content (AvgIpc) is 2.52. The minimum atomic E-state index is -0.0796. The lowest BCUT2D eigenvalue weighted by Gasteiger charge is -2.14. The Labute approximate surface area is 126 Å². The maximum absolute atomic E-state index is 5.96. The van der Waals surface area contributed by atoms with Gasteiger partial charge in [0.25, 0.3) is 0 Å². The molecule has 0 heterocycles. The van der Waals surface area contributed by atoms with Gasteiger partial charge in [0.1, 0.15) is 18.1 Å². The molecule has 2 N–H and O–H groups in total. The molecule has 0 aliphatic carbocycles. The summed E-state index contributed by atoms with van der Waals surface area (Å²) in [6, 6.07) is 15.8. The standard InChI is InChI=1S/C18H21NO2/c1-14(19)17-11-10-16(20-2)13-18(17)21-12-6-9-15-7-4-3-5-8-15/h3-11,13-14H,12,19H2,1-2H3/b9-6+/t14-/m0/s1. The van der Waals surface area contributed by atoms with Crippen molar-refractivity contribution < 1.29 is 9.47 Å². The third-order valence-corrected chi connectivity index (χ3v) is 3.16. The van der Waals surface area contributed by atoms with Crippen LogP contribution in [0.3, 0.4) is 0 Å². The molecule has 2 rings (SSSR count). The van der Waals surface area contributed by atoms with Gasteiger partial charge in [-0.1, -0.05) is 42.5 Å². The molecule has 21 heavy (non-hydrogen) atoms. The fourth-order valence-corrected chi connectivity index (χ4v) is 2.03. The van der Waals surface area contributed by atoms with Crippen LogP contribution < -0.4 is 15.2 Å². The van der Waals surface area contributed by atoms with Crippen molar-refractivity contribution in [2.75, 3.05) is 13.7 Å². The van der Waals surface area contributed by atoms with Crippen LogP contribution in [-0.2, 0) is 0 Å². The van der Waals surface area contributed by atoms with Crippen molar-refractivity contribution in [2.24, 2.45) is 5.73 Å². The van der Waals surface area contributed by atoms with E-state index < -0.39 is 0 Å². The maximum atomic E-state index is 5.96. The first kappa shape index (κ1) is 15.1. The molecule has 2 aromatic rings. The van der Waals surface area contributed by atoms with E-state index in [9.17, 15) is 0 Å². The molecule has 0 unspecified atom stereocenters. The van der Waals surface area contributed by atoms with Gasteiger partial charge >= 0.3 is 0 Å². The molecule has 0 bridgehead atoms. The summed E-state index contributed by atoms with van der Waals surface area (Å²) in [6.45, 7) is 2.43. The minimum Gasteiger partial charge on any atom is -0.497 e. The van der Waals surface area contributed by atoms with Crippen molar-refractivity contribution in [1.82, 2.24) is 0 Å². The number of rotatable bonds is 6. The number of hydrogen-bond acceptors (Lipinski definition) is 3. The molecule has 3 nitrogen and oxygen atoms in total. The van der Waals surface area contributed by atoms with E-state index in [-0.39, 0.29) is 6.04 Å². The highest BCUT2D eigenvalue weighted by Gasteiger charge is 2.09. The molecule has 0 amide bonds. The number of hydrogen-bond donors (Lipinski definition) is 1. The highest BCUT2D eigenvalue weighted by atomic mass is 16.5. The van der Waals surface area contributed by atoms with Crippen LogP contribution in [0.15, 0.2) is 54.6 Å². The first-order valence-corrected chi connectivity index (χ1v) is 6.98. The highest BCUT2D eigenvalue weighted by molar-refractivity contribution is 5.49. The summed E-state index contributed by atoms with van der Waals surface area (Å²) in [7, 11) is 1.64. The molecule has 0 radical (unpaired) electrons. The van der Waals surface area contributed by atoms with Crippen LogP contribution >= 0.6 is 0 Å². The Kier molecular flexibility index (Phi) is 5.41. The molecule has 0 fully saturated rings. The Morgan fingerprint density at radius 2 is 1.90 bits per heavy atom. The van der Waals surface area contributed by atoms with E-state index >= 15 is 0 Å². The number of nitrogens with two attached hydrogens (primary N) is 1. The van der Waals surface area contributed by atoms with Gasteiger partial charge in [-0.3, -0.25) is 0 Å². The van der Waals surface area contributed by atoms with Crippen LogP contribution in [0.1, 0.15) is 24.1 Å². The van der Waals surface area contributed by atoms with E-state index in [2.05, 4.69) is 12.1 Å². The molecular formula is C18H21NO2. The van der Waals surface area contributed by atoms with Crippen molar-refractivity contribution in [1.29, 1.82) is 0 Å². The minimum absolute atomic E-state index is 0.0796. The number of ether oxygens (including phenoxy) is 2. The average molecular weight is 283 g/mol. The van der Waals surface area contributed by atoms with Gasteiger partial charge in [-0.2, -0.15) is 0 Å². The zero-order valence-corrected chi connectivity index (χ0v) is 12.5. The monoisotopic (exact) mass is 283 g/mol. The lowest BCUT2D eigenvalue weighted by Crippen LogP contribution is -2.08. The van der Waals surface area contributed by atoms with Gasteiger partial charge in [0.05, 0.1) is 7.11 Å². The smallest absolute Gasteiger partial charge is 0.128 e. The van der Waals surface area contributed by atoms with Crippen LogP contribution in [0, 0.1) is 0 Å². The van der Waals surface area contributed by atoms with E-state index in [1.54, 1.807) is 7.11 Å². The van der Waals surface area contributed by atoms with Gasteiger partial charge in [-0.15, -0.1) is 0 Å². The second-order valence-electron chi connectivity index (χ2n) is 4.82.